The first-order valence-electron chi connectivity index (χ1n) is 5.92. The van der Waals surface area contributed by atoms with Gasteiger partial charge in [0.2, 0.25) is 0 Å². The lowest BCUT2D eigenvalue weighted by Gasteiger charge is -2.28. The second kappa shape index (κ2) is 6.03. The normalized spacial score (nSPS) is 16.7. The fourth-order valence-corrected chi connectivity index (χ4v) is 2.36. The van der Waals surface area contributed by atoms with Crippen molar-refractivity contribution in [2.45, 2.75) is 31.2 Å². The minimum Gasteiger partial charge on any atom is -0.351 e. The van der Waals surface area contributed by atoms with Crippen LogP contribution in [-0.4, -0.2) is 27.9 Å². The number of amides is 1. The number of aromatic amines is 1. The first kappa shape index (κ1) is 15.5. The first-order chi connectivity index (χ1) is 8.56. The lowest BCUT2D eigenvalue weighted by Crippen LogP contribution is -2.51. The highest BCUT2D eigenvalue weighted by atomic mass is 35.5. The number of H-pyrrole nitrogens is 1. The molecule has 1 aromatic heterocycles. The van der Waals surface area contributed by atoms with E-state index in [2.05, 4.69) is 10.3 Å². The van der Waals surface area contributed by atoms with Gasteiger partial charge in [0.1, 0.15) is 5.69 Å². The number of nitrogens with zero attached hydrogens (tertiary/aromatic N) is 1. The summed E-state index contributed by atoms with van der Waals surface area (Å²) in [5.74, 6) is -0.338. The molecule has 4 N–H and O–H groups in total. The summed E-state index contributed by atoms with van der Waals surface area (Å²) in [6.45, 7) is 0.390. The van der Waals surface area contributed by atoms with Gasteiger partial charge in [0.15, 0.2) is 0 Å². The summed E-state index contributed by atoms with van der Waals surface area (Å²) < 4.78 is 0. The summed E-state index contributed by atoms with van der Waals surface area (Å²) in [6.07, 6.45) is 5.01. The van der Waals surface area contributed by atoms with Gasteiger partial charge in [-0.1, -0.05) is 12.8 Å². The van der Waals surface area contributed by atoms with Gasteiger partial charge in [-0.25, -0.2) is 0 Å². The Morgan fingerprint density at radius 3 is 2.63 bits per heavy atom. The predicted molar refractivity (Wildman–Crippen MR) is 72.4 cm³/mol. The highest BCUT2D eigenvalue weighted by Gasteiger charge is 2.34. The van der Waals surface area contributed by atoms with Crippen LogP contribution < -0.4 is 11.1 Å². The van der Waals surface area contributed by atoms with Crippen molar-refractivity contribution >= 4 is 24.0 Å². The number of hydrogen-bond donors (Lipinski definition) is 3. The van der Waals surface area contributed by atoms with E-state index in [0.717, 1.165) is 25.7 Å². The molecule has 0 radical (unpaired) electrons. The molecule has 1 aliphatic rings. The molecule has 1 fully saturated rings. The van der Waals surface area contributed by atoms with E-state index in [1.165, 1.54) is 12.3 Å². The van der Waals surface area contributed by atoms with E-state index in [1.54, 1.807) is 0 Å². The number of nitrogens with one attached hydrogen (secondary N) is 2. The molecule has 19 heavy (non-hydrogen) atoms. The van der Waals surface area contributed by atoms with Crippen LogP contribution >= 0.6 is 12.4 Å². The van der Waals surface area contributed by atoms with Crippen LogP contribution in [0.25, 0.3) is 0 Å². The van der Waals surface area contributed by atoms with E-state index in [0.29, 0.717) is 6.54 Å². The predicted octanol–water partition coefficient (Wildman–Crippen LogP) is 1.35. The molecular formula is C11H17ClN4O3. The number of rotatable bonds is 4. The molecule has 1 aliphatic carbocycles. The molecule has 1 heterocycles. The monoisotopic (exact) mass is 288 g/mol. The molecule has 0 aromatic carbocycles. The highest BCUT2D eigenvalue weighted by molar-refractivity contribution is 5.93. The van der Waals surface area contributed by atoms with Gasteiger partial charge < -0.3 is 16.0 Å². The summed E-state index contributed by atoms with van der Waals surface area (Å²) in [4.78, 5) is 24.6. The topological polar surface area (TPSA) is 114 Å². The third-order valence-corrected chi connectivity index (χ3v) is 3.45. The zero-order valence-electron chi connectivity index (χ0n) is 10.3. The van der Waals surface area contributed by atoms with Crippen molar-refractivity contribution < 1.29 is 9.72 Å². The Hall–Kier alpha value is -1.60. The minimum atomic E-state index is -0.540. The lowest BCUT2D eigenvalue weighted by molar-refractivity contribution is -0.384. The largest absolute Gasteiger partial charge is 0.351 e. The van der Waals surface area contributed by atoms with Crippen molar-refractivity contribution in [1.29, 1.82) is 0 Å². The van der Waals surface area contributed by atoms with E-state index in [4.69, 9.17) is 5.73 Å². The fraction of sp³-hybridized carbons (Fsp3) is 0.545. The second-order valence-electron chi connectivity index (χ2n) is 4.67. The maximum absolute atomic E-state index is 12.0. The molecule has 1 amide bonds. The Labute approximate surface area is 116 Å². The van der Waals surface area contributed by atoms with Gasteiger partial charge in [-0.3, -0.25) is 14.9 Å². The van der Waals surface area contributed by atoms with Crippen molar-refractivity contribution in [1.82, 2.24) is 10.3 Å². The highest BCUT2D eigenvalue weighted by Crippen LogP contribution is 2.29. The molecule has 0 saturated heterocycles. The molecule has 0 unspecified atom stereocenters. The van der Waals surface area contributed by atoms with Crippen LogP contribution in [0, 0.1) is 10.1 Å². The third-order valence-electron chi connectivity index (χ3n) is 3.45. The minimum absolute atomic E-state index is 0. The Morgan fingerprint density at radius 1 is 1.53 bits per heavy atom. The summed E-state index contributed by atoms with van der Waals surface area (Å²) in [5.41, 5.74) is 5.44. The molecule has 106 valence electrons. The van der Waals surface area contributed by atoms with Gasteiger partial charge in [0.05, 0.1) is 16.7 Å². The maximum atomic E-state index is 12.0. The second-order valence-corrected chi connectivity index (χ2v) is 4.67. The molecular weight excluding hydrogens is 272 g/mol. The van der Waals surface area contributed by atoms with E-state index in [-0.39, 0.29) is 35.2 Å². The Kier molecular flexibility index (Phi) is 4.90. The average Bonchev–Trinajstić information content (AvgIpc) is 2.98. The zero-order valence-corrected chi connectivity index (χ0v) is 11.2. The molecule has 8 heteroatoms. The van der Waals surface area contributed by atoms with Crippen molar-refractivity contribution in [2.24, 2.45) is 5.73 Å². The SMILES string of the molecule is Cl.NCC1(NC(=O)c2cc([N+](=O)[O-])c[nH]2)CCCC1. The van der Waals surface area contributed by atoms with Crippen molar-refractivity contribution in [3.05, 3.63) is 28.1 Å². The summed E-state index contributed by atoms with van der Waals surface area (Å²) >= 11 is 0. The maximum Gasteiger partial charge on any atom is 0.287 e. The standard InChI is InChI=1S/C11H16N4O3.ClH/c12-7-11(3-1-2-4-11)14-10(16)9-5-8(6-13-9)15(17)18;/h5-6,13H,1-4,7,12H2,(H,14,16);1H. The molecule has 2 rings (SSSR count). The molecule has 0 aliphatic heterocycles. The number of nitrogens with two attached hydrogens (primary N) is 1. The van der Waals surface area contributed by atoms with Crippen LogP contribution in [0.3, 0.4) is 0 Å². The fourth-order valence-electron chi connectivity index (χ4n) is 2.36. The number of carbonyl (C=O) groups excluding carboxylic acids is 1. The number of carbonyl (C=O) groups is 1. The molecule has 0 bridgehead atoms. The zero-order chi connectivity index (χ0) is 13.2. The van der Waals surface area contributed by atoms with Gasteiger partial charge >= 0.3 is 0 Å². The summed E-state index contributed by atoms with van der Waals surface area (Å²) in [7, 11) is 0. The van der Waals surface area contributed by atoms with Crippen LogP contribution in [0.4, 0.5) is 5.69 Å². The van der Waals surface area contributed by atoms with Crippen molar-refractivity contribution in [3.8, 4) is 0 Å². The van der Waals surface area contributed by atoms with E-state index in [1.807, 2.05) is 0 Å². The van der Waals surface area contributed by atoms with Gasteiger partial charge in [0, 0.05) is 12.6 Å². The molecule has 1 saturated carbocycles. The van der Waals surface area contributed by atoms with Crippen LogP contribution in [0.2, 0.25) is 0 Å². The van der Waals surface area contributed by atoms with Crippen LogP contribution in [0.1, 0.15) is 36.2 Å². The molecule has 1 aromatic rings. The van der Waals surface area contributed by atoms with E-state index >= 15 is 0 Å². The van der Waals surface area contributed by atoms with E-state index in [9.17, 15) is 14.9 Å². The van der Waals surface area contributed by atoms with Crippen molar-refractivity contribution in [3.63, 3.8) is 0 Å². The van der Waals surface area contributed by atoms with Crippen LogP contribution in [0.15, 0.2) is 12.3 Å². The number of aromatic nitrogens is 1. The van der Waals surface area contributed by atoms with E-state index < -0.39 is 4.92 Å². The van der Waals surface area contributed by atoms with Crippen LogP contribution in [0.5, 0.6) is 0 Å². The quantitative estimate of drug-likeness (QED) is 0.573. The first-order valence-corrected chi connectivity index (χ1v) is 5.92. The number of hydrogen-bond acceptors (Lipinski definition) is 4. The molecule has 7 nitrogen and oxygen atoms in total. The number of halogens is 1. The summed E-state index contributed by atoms with van der Waals surface area (Å²) in [5, 5.41) is 13.4. The van der Waals surface area contributed by atoms with Gasteiger partial charge in [-0.05, 0) is 12.8 Å². The lowest BCUT2D eigenvalue weighted by atomic mass is 9.97. The van der Waals surface area contributed by atoms with Crippen LogP contribution in [-0.2, 0) is 0 Å². The Morgan fingerprint density at radius 2 is 2.16 bits per heavy atom. The Balaban J connectivity index is 0.00000180. The smallest absolute Gasteiger partial charge is 0.287 e. The van der Waals surface area contributed by atoms with Gasteiger partial charge in [-0.2, -0.15) is 0 Å². The number of nitro groups is 1. The molecule has 0 atom stereocenters. The van der Waals surface area contributed by atoms with Crippen molar-refractivity contribution in [2.75, 3.05) is 6.54 Å². The van der Waals surface area contributed by atoms with Gasteiger partial charge in [-0.15, -0.1) is 12.4 Å². The molecule has 0 spiro atoms. The average molecular weight is 289 g/mol. The third kappa shape index (κ3) is 3.24. The van der Waals surface area contributed by atoms with Gasteiger partial charge in [0.25, 0.3) is 11.6 Å². The summed E-state index contributed by atoms with van der Waals surface area (Å²) in [6, 6.07) is 1.23. The Bertz CT molecular complexity index is 468.